The van der Waals surface area contributed by atoms with E-state index in [9.17, 15) is 4.79 Å². The van der Waals surface area contributed by atoms with Crippen molar-refractivity contribution in [3.63, 3.8) is 0 Å². The van der Waals surface area contributed by atoms with Crippen molar-refractivity contribution < 1.29 is 28.2 Å². The predicted octanol–water partition coefficient (Wildman–Crippen LogP) is 3.57. The SMILES string of the molecule is COc1cc2c(cc1OC)[C@@H]1C(=O)c3cc4ccoc4cc3O[C@@H]1CO2. The lowest BCUT2D eigenvalue weighted by atomic mass is 9.82. The van der Waals surface area contributed by atoms with Gasteiger partial charge in [-0.25, -0.2) is 0 Å². The first-order chi connectivity index (χ1) is 12.7. The summed E-state index contributed by atoms with van der Waals surface area (Å²) in [6.07, 6.45) is 1.21. The van der Waals surface area contributed by atoms with Gasteiger partial charge in [-0.3, -0.25) is 4.79 Å². The van der Waals surface area contributed by atoms with Gasteiger partial charge in [0.05, 0.1) is 32.0 Å². The van der Waals surface area contributed by atoms with Gasteiger partial charge in [0, 0.05) is 23.1 Å². The fourth-order valence-electron chi connectivity index (χ4n) is 3.74. The normalized spacial score (nSPS) is 20.5. The first-order valence-corrected chi connectivity index (χ1v) is 8.30. The summed E-state index contributed by atoms with van der Waals surface area (Å²) in [6.45, 7) is 0.286. The Morgan fingerprint density at radius 1 is 1.04 bits per heavy atom. The number of ketones is 1. The van der Waals surface area contributed by atoms with Crippen molar-refractivity contribution in [2.75, 3.05) is 20.8 Å². The van der Waals surface area contributed by atoms with Crippen LogP contribution < -0.4 is 18.9 Å². The Kier molecular flexibility index (Phi) is 3.16. The smallest absolute Gasteiger partial charge is 0.178 e. The van der Waals surface area contributed by atoms with Gasteiger partial charge in [-0.1, -0.05) is 0 Å². The molecule has 0 bridgehead atoms. The van der Waals surface area contributed by atoms with E-state index >= 15 is 0 Å². The Balaban J connectivity index is 1.66. The highest BCUT2D eigenvalue weighted by Crippen LogP contribution is 2.47. The number of ether oxygens (including phenoxy) is 4. The van der Waals surface area contributed by atoms with Gasteiger partial charge >= 0.3 is 0 Å². The minimum Gasteiger partial charge on any atom is -0.493 e. The second-order valence-electron chi connectivity index (χ2n) is 6.36. The number of hydrogen-bond acceptors (Lipinski definition) is 6. The molecular formula is C20H16O6. The molecule has 0 unspecified atom stereocenters. The zero-order chi connectivity index (χ0) is 17.8. The molecule has 1 aromatic heterocycles. The molecule has 0 spiro atoms. The molecule has 3 aromatic rings. The molecule has 0 N–H and O–H groups in total. The topological polar surface area (TPSA) is 67.1 Å². The van der Waals surface area contributed by atoms with Gasteiger partial charge in [-0.05, 0) is 18.2 Å². The van der Waals surface area contributed by atoms with Crippen molar-refractivity contribution in [3.8, 4) is 23.0 Å². The number of methoxy groups -OCH3 is 2. The number of rotatable bonds is 2. The number of fused-ring (bicyclic) bond motifs is 5. The van der Waals surface area contributed by atoms with Crippen molar-refractivity contribution >= 4 is 16.8 Å². The van der Waals surface area contributed by atoms with Crippen LogP contribution in [-0.4, -0.2) is 32.7 Å². The molecule has 26 heavy (non-hydrogen) atoms. The molecule has 2 aromatic carbocycles. The van der Waals surface area contributed by atoms with Crippen LogP contribution in [0, 0.1) is 0 Å². The fraction of sp³-hybridized carbons (Fsp3) is 0.250. The van der Waals surface area contributed by atoms with Gasteiger partial charge in [0.25, 0.3) is 0 Å². The van der Waals surface area contributed by atoms with E-state index in [1.165, 1.54) is 0 Å². The van der Waals surface area contributed by atoms with Crippen molar-refractivity contribution in [1.82, 2.24) is 0 Å². The van der Waals surface area contributed by atoms with E-state index in [0.717, 1.165) is 10.9 Å². The highest BCUT2D eigenvalue weighted by molar-refractivity contribution is 6.07. The zero-order valence-corrected chi connectivity index (χ0v) is 14.3. The van der Waals surface area contributed by atoms with Gasteiger partial charge in [-0.2, -0.15) is 0 Å². The van der Waals surface area contributed by atoms with Crippen LogP contribution in [0.25, 0.3) is 11.0 Å². The van der Waals surface area contributed by atoms with Gasteiger partial charge in [0.15, 0.2) is 17.3 Å². The highest BCUT2D eigenvalue weighted by atomic mass is 16.5. The van der Waals surface area contributed by atoms with E-state index in [1.807, 2.05) is 12.1 Å². The third-order valence-electron chi connectivity index (χ3n) is 5.01. The van der Waals surface area contributed by atoms with Crippen LogP contribution in [0.4, 0.5) is 0 Å². The number of Topliss-reactive ketones (excluding diaryl/α,β-unsaturated/α-hetero) is 1. The minimum atomic E-state index is -0.449. The maximum absolute atomic E-state index is 13.3. The molecule has 0 amide bonds. The van der Waals surface area contributed by atoms with Crippen molar-refractivity contribution in [2.24, 2.45) is 0 Å². The average molecular weight is 352 g/mol. The molecule has 5 rings (SSSR count). The summed E-state index contributed by atoms with van der Waals surface area (Å²) in [4.78, 5) is 13.3. The average Bonchev–Trinajstić information content (AvgIpc) is 3.12. The second-order valence-corrected chi connectivity index (χ2v) is 6.36. The van der Waals surface area contributed by atoms with Gasteiger partial charge in [0.2, 0.25) is 0 Å². The predicted molar refractivity (Wildman–Crippen MR) is 92.7 cm³/mol. The van der Waals surface area contributed by atoms with Gasteiger partial charge in [-0.15, -0.1) is 0 Å². The van der Waals surface area contributed by atoms with Gasteiger partial charge in [0.1, 0.15) is 29.8 Å². The number of benzene rings is 2. The molecule has 0 radical (unpaired) electrons. The summed E-state index contributed by atoms with van der Waals surface area (Å²) < 4.78 is 28.1. The maximum Gasteiger partial charge on any atom is 0.178 e. The summed E-state index contributed by atoms with van der Waals surface area (Å²) in [5.74, 6) is 1.83. The summed E-state index contributed by atoms with van der Waals surface area (Å²) in [5.41, 5.74) is 2.00. The Morgan fingerprint density at radius 2 is 1.85 bits per heavy atom. The summed E-state index contributed by atoms with van der Waals surface area (Å²) in [5, 5.41) is 0.874. The summed E-state index contributed by atoms with van der Waals surface area (Å²) in [6, 6.07) is 8.98. The van der Waals surface area contributed by atoms with Crippen molar-refractivity contribution in [2.45, 2.75) is 12.0 Å². The van der Waals surface area contributed by atoms with Crippen LogP contribution >= 0.6 is 0 Å². The molecule has 3 heterocycles. The summed E-state index contributed by atoms with van der Waals surface area (Å²) in [7, 11) is 3.13. The lowest BCUT2D eigenvalue weighted by Gasteiger charge is -2.37. The monoisotopic (exact) mass is 352 g/mol. The quantitative estimate of drug-likeness (QED) is 0.702. The molecule has 0 saturated carbocycles. The molecular weight excluding hydrogens is 336 g/mol. The van der Waals surface area contributed by atoms with Crippen LogP contribution in [0.1, 0.15) is 21.8 Å². The Morgan fingerprint density at radius 3 is 2.65 bits per heavy atom. The van der Waals surface area contributed by atoms with E-state index in [0.29, 0.717) is 34.1 Å². The fourth-order valence-corrected chi connectivity index (χ4v) is 3.74. The first kappa shape index (κ1) is 15.1. The Hall–Kier alpha value is -3.15. The number of carbonyl (C=O) groups is 1. The molecule has 0 saturated heterocycles. The van der Waals surface area contributed by atoms with Crippen LogP contribution in [0.5, 0.6) is 23.0 Å². The molecule has 2 aliphatic heterocycles. The zero-order valence-electron chi connectivity index (χ0n) is 14.3. The molecule has 2 aliphatic rings. The van der Waals surface area contributed by atoms with Crippen LogP contribution in [0.15, 0.2) is 41.0 Å². The largest absolute Gasteiger partial charge is 0.493 e. The Labute approximate surface area is 149 Å². The van der Waals surface area contributed by atoms with Crippen LogP contribution in [-0.2, 0) is 0 Å². The van der Waals surface area contributed by atoms with Gasteiger partial charge < -0.3 is 23.4 Å². The van der Waals surface area contributed by atoms with E-state index in [2.05, 4.69) is 0 Å². The molecule has 2 atom stereocenters. The summed E-state index contributed by atoms with van der Waals surface area (Å²) >= 11 is 0. The first-order valence-electron chi connectivity index (χ1n) is 8.30. The minimum absolute atomic E-state index is 0.0103. The standard InChI is InChI=1S/C20H16O6/c1-22-16-6-11-14(8-17(16)23-2)25-9-18-19(11)20(21)12-5-10-3-4-24-13(10)7-15(12)26-18/h3-8,18-19H,9H2,1-2H3/t18-,19+/m1/s1. The van der Waals surface area contributed by atoms with E-state index in [4.69, 9.17) is 23.4 Å². The number of carbonyl (C=O) groups excluding carboxylic acids is 1. The Bertz CT molecular complexity index is 1030. The van der Waals surface area contributed by atoms with E-state index < -0.39 is 12.0 Å². The third-order valence-corrected chi connectivity index (χ3v) is 5.01. The van der Waals surface area contributed by atoms with Crippen LogP contribution in [0.3, 0.4) is 0 Å². The second kappa shape index (κ2) is 5.42. The number of hydrogen-bond donors (Lipinski definition) is 0. The third kappa shape index (κ3) is 2.02. The number of furan rings is 1. The van der Waals surface area contributed by atoms with Crippen LogP contribution in [0.2, 0.25) is 0 Å². The lowest BCUT2D eigenvalue weighted by molar-refractivity contribution is 0.0559. The lowest BCUT2D eigenvalue weighted by Crippen LogP contribution is -2.43. The highest BCUT2D eigenvalue weighted by Gasteiger charge is 2.43. The molecule has 132 valence electrons. The van der Waals surface area contributed by atoms with Crippen molar-refractivity contribution in [1.29, 1.82) is 0 Å². The van der Waals surface area contributed by atoms with E-state index in [1.54, 1.807) is 38.7 Å². The molecule has 0 aliphatic carbocycles. The van der Waals surface area contributed by atoms with Crippen molar-refractivity contribution in [3.05, 3.63) is 47.7 Å². The van der Waals surface area contributed by atoms with E-state index in [-0.39, 0.29) is 12.4 Å². The molecule has 0 fully saturated rings. The molecule has 6 heteroatoms. The maximum atomic E-state index is 13.3. The molecule has 6 nitrogen and oxygen atoms in total.